The number of carbonyl (C=O) groups excluding carboxylic acids is 1. The van der Waals surface area contributed by atoms with Gasteiger partial charge in [0.25, 0.3) is 0 Å². The SMILES string of the molecule is C[C@H](CO)Nc1ncc2nc(Nc3c(F)cc(Cl)cc3F)n([C@H]3CC[C@H](C(N)=O)CC3)c2n1. The van der Waals surface area contributed by atoms with Crippen LogP contribution in [-0.4, -0.2) is 43.2 Å². The second kappa shape index (κ2) is 9.44. The lowest BCUT2D eigenvalue weighted by Gasteiger charge is -2.29. The zero-order chi connectivity index (χ0) is 23.7. The van der Waals surface area contributed by atoms with Crippen molar-refractivity contribution >= 4 is 46.3 Å². The summed E-state index contributed by atoms with van der Waals surface area (Å²) in [5.74, 6) is -1.79. The highest BCUT2D eigenvalue weighted by Gasteiger charge is 2.29. The number of nitrogens with zero attached hydrogens (tertiary/aromatic N) is 4. The molecule has 1 saturated carbocycles. The van der Waals surface area contributed by atoms with Crippen LogP contribution in [0, 0.1) is 17.6 Å². The summed E-state index contributed by atoms with van der Waals surface area (Å²) in [5, 5.41) is 15.0. The summed E-state index contributed by atoms with van der Waals surface area (Å²) in [4.78, 5) is 24.8. The number of amides is 1. The third-order valence-corrected chi connectivity index (χ3v) is 6.01. The van der Waals surface area contributed by atoms with Crippen molar-refractivity contribution < 1.29 is 18.7 Å². The molecule has 1 aliphatic carbocycles. The van der Waals surface area contributed by atoms with Crippen molar-refractivity contribution in [3.05, 3.63) is 35.0 Å². The smallest absolute Gasteiger partial charge is 0.225 e. The van der Waals surface area contributed by atoms with Gasteiger partial charge in [0.05, 0.1) is 12.8 Å². The topological polar surface area (TPSA) is 131 Å². The molecule has 0 aliphatic heterocycles. The van der Waals surface area contributed by atoms with Gasteiger partial charge in [-0.2, -0.15) is 4.98 Å². The number of nitrogens with two attached hydrogens (primary N) is 1. The van der Waals surface area contributed by atoms with Gasteiger partial charge < -0.3 is 21.5 Å². The first kappa shape index (κ1) is 23.1. The average molecular weight is 480 g/mol. The van der Waals surface area contributed by atoms with Gasteiger partial charge in [-0.3, -0.25) is 9.36 Å². The lowest BCUT2D eigenvalue weighted by atomic mass is 9.85. The highest BCUT2D eigenvalue weighted by Crippen LogP contribution is 2.37. The number of hydrogen-bond donors (Lipinski definition) is 4. The first-order valence-corrected chi connectivity index (χ1v) is 11.0. The molecule has 176 valence electrons. The maximum absolute atomic E-state index is 14.5. The lowest BCUT2D eigenvalue weighted by Crippen LogP contribution is -2.29. The number of halogens is 3. The van der Waals surface area contributed by atoms with E-state index in [9.17, 15) is 18.7 Å². The summed E-state index contributed by atoms with van der Waals surface area (Å²) >= 11 is 5.74. The van der Waals surface area contributed by atoms with Gasteiger partial charge in [-0.05, 0) is 44.7 Å². The quantitative estimate of drug-likeness (QED) is 0.407. The Balaban J connectivity index is 1.77. The van der Waals surface area contributed by atoms with Crippen LogP contribution >= 0.6 is 11.6 Å². The van der Waals surface area contributed by atoms with Crippen LogP contribution in [0.5, 0.6) is 0 Å². The molecular weight excluding hydrogens is 456 g/mol. The average Bonchev–Trinajstić information content (AvgIpc) is 3.13. The molecular formula is C21H24ClF2N7O2. The molecule has 2 aromatic heterocycles. The molecule has 3 aromatic rings. The van der Waals surface area contributed by atoms with Crippen molar-refractivity contribution in [3.8, 4) is 0 Å². The fourth-order valence-electron chi connectivity index (χ4n) is 4.05. The van der Waals surface area contributed by atoms with Crippen molar-refractivity contribution in [3.63, 3.8) is 0 Å². The molecule has 0 unspecified atom stereocenters. The maximum atomic E-state index is 14.5. The third kappa shape index (κ3) is 4.83. The van der Waals surface area contributed by atoms with Crippen molar-refractivity contribution in [2.24, 2.45) is 11.7 Å². The summed E-state index contributed by atoms with van der Waals surface area (Å²) in [6.45, 7) is 1.66. The molecule has 12 heteroatoms. The number of carbonyl (C=O) groups is 1. The first-order chi connectivity index (χ1) is 15.8. The number of benzene rings is 1. The normalized spacial score (nSPS) is 19.4. The first-order valence-electron chi connectivity index (χ1n) is 10.6. The van der Waals surface area contributed by atoms with Gasteiger partial charge >= 0.3 is 0 Å². The zero-order valence-electron chi connectivity index (χ0n) is 17.9. The van der Waals surface area contributed by atoms with Gasteiger partial charge in [0.2, 0.25) is 17.8 Å². The number of nitrogens with one attached hydrogen (secondary N) is 2. The van der Waals surface area contributed by atoms with E-state index in [4.69, 9.17) is 17.3 Å². The highest BCUT2D eigenvalue weighted by molar-refractivity contribution is 6.30. The van der Waals surface area contributed by atoms with Crippen molar-refractivity contribution in [1.29, 1.82) is 0 Å². The zero-order valence-corrected chi connectivity index (χ0v) is 18.6. The molecule has 5 N–H and O–H groups in total. The fraction of sp³-hybridized carbons (Fsp3) is 0.429. The molecule has 33 heavy (non-hydrogen) atoms. The van der Waals surface area contributed by atoms with Crippen molar-refractivity contribution in [1.82, 2.24) is 19.5 Å². The van der Waals surface area contributed by atoms with Gasteiger partial charge in [0.15, 0.2) is 17.3 Å². The molecule has 2 heterocycles. The minimum atomic E-state index is -0.860. The predicted molar refractivity (Wildman–Crippen MR) is 120 cm³/mol. The molecule has 9 nitrogen and oxygen atoms in total. The number of imidazole rings is 1. The summed E-state index contributed by atoms with van der Waals surface area (Å²) in [6.07, 6.45) is 3.89. The number of fused-ring (bicyclic) bond motifs is 1. The molecule has 1 aromatic carbocycles. The second-order valence-electron chi connectivity index (χ2n) is 8.21. The van der Waals surface area contributed by atoms with Gasteiger partial charge in [0.1, 0.15) is 11.2 Å². The number of hydrogen-bond acceptors (Lipinski definition) is 7. The van der Waals surface area contributed by atoms with E-state index in [2.05, 4.69) is 25.6 Å². The van der Waals surface area contributed by atoms with Crippen LogP contribution in [0.4, 0.5) is 26.4 Å². The van der Waals surface area contributed by atoms with E-state index in [1.165, 1.54) is 6.20 Å². The van der Waals surface area contributed by atoms with Crippen LogP contribution in [0.3, 0.4) is 0 Å². The Morgan fingerprint density at radius 2 is 1.94 bits per heavy atom. The minimum Gasteiger partial charge on any atom is -0.394 e. The van der Waals surface area contributed by atoms with E-state index in [0.717, 1.165) is 12.1 Å². The molecule has 0 saturated heterocycles. The van der Waals surface area contributed by atoms with Crippen molar-refractivity contribution in [2.75, 3.05) is 17.2 Å². The van der Waals surface area contributed by atoms with Gasteiger partial charge in [-0.15, -0.1) is 0 Å². The molecule has 0 bridgehead atoms. The van der Waals surface area contributed by atoms with Crippen LogP contribution in [0.25, 0.3) is 11.2 Å². The minimum absolute atomic E-state index is 0.0617. The Hall–Kier alpha value is -3.05. The van der Waals surface area contributed by atoms with Crippen LogP contribution in [0.2, 0.25) is 5.02 Å². The Labute approximate surface area is 193 Å². The Bertz CT molecular complexity index is 1160. The largest absolute Gasteiger partial charge is 0.394 e. The fourth-order valence-corrected chi connectivity index (χ4v) is 4.24. The summed E-state index contributed by atoms with van der Waals surface area (Å²) in [5.41, 5.74) is 5.96. The monoisotopic (exact) mass is 479 g/mol. The number of anilines is 3. The Kier molecular flexibility index (Phi) is 6.61. The van der Waals surface area contributed by atoms with Crippen molar-refractivity contribution in [2.45, 2.75) is 44.7 Å². The summed E-state index contributed by atoms with van der Waals surface area (Å²) in [7, 11) is 0. The molecule has 1 fully saturated rings. The van der Waals surface area contributed by atoms with Gasteiger partial charge in [-0.1, -0.05) is 11.6 Å². The summed E-state index contributed by atoms with van der Waals surface area (Å²) in [6, 6.07) is 1.61. The van der Waals surface area contributed by atoms with Gasteiger partial charge in [0, 0.05) is 23.0 Å². The molecule has 1 amide bonds. The van der Waals surface area contributed by atoms with E-state index in [1.54, 1.807) is 11.5 Å². The van der Waals surface area contributed by atoms with Crippen LogP contribution in [-0.2, 0) is 4.79 Å². The predicted octanol–water partition coefficient (Wildman–Crippen LogP) is 3.51. The lowest BCUT2D eigenvalue weighted by molar-refractivity contribution is -0.122. The number of aliphatic hydroxyl groups excluding tert-OH is 1. The van der Waals surface area contributed by atoms with E-state index in [-0.39, 0.29) is 53.1 Å². The second-order valence-corrected chi connectivity index (χ2v) is 8.65. The number of aliphatic hydroxyl groups is 1. The van der Waals surface area contributed by atoms with Crippen LogP contribution in [0.15, 0.2) is 18.3 Å². The van der Waals surface area contributed by atoms with E-state index in [1.807, 2.05) is 0 Å². The van der Waals surface area contributed by atoms with Crippen LogP contribution < -0.4 is 16.4 Å². The maximum Gasteiger partial charge on any atom is 0.225 e. The molecule has 1 aliphatic rings. The Morgan fingerprint density at radius 1 is 1.27 bits per heavy atom. The summed E-state index contributed by atoms with van der Waals surface area (Å²) < 4.78 is 30.7. The van der Waals surface area contributed by atoms with Crippen LogP contribution in [0.1, 0.15) is 38.6 Å². The number of rotatable bonds is 7. The molecule has 0 radical (unpaired) electrons. The van der Waals surface area contributed by atoms with E-state index >= 15 is 0 Å². The highest BCUT2D eigenvalue weighted by atomic mass is 35.5. The standard InChI is InChI=1S/C21H24ClF2N7O2/c1-10(9-32)27-20-26-8-16-19(30-20)31(13-4-2-11(3-5-13)18(25)33)21(28-16)29-17-14(23)6-12(22)7-15(17)24/h6-8,10-11,13,32H,2-5,9H2,1H3,(H2,25,33)(H,28,29)(H,26,27,30)/t10-,11-,13-/m1/s1. The molecule has 4 rings (SSSR count). The Morgan fingerprint density at radius 3 is 2.55 bits per heavy atom. The third-order valence-electron chi connectivity index (χ3n) is 5.79. The van der Waals surface area contributed by atoms with Gasteiger partial charge in [-0.25, -0.2) is 18.7 Å². The molecule has 1 atom stereocenters. The number of primary amides is 1. The molecule has 0 spiro atoms. The van der Waals surface area contributed by atoms with E-state index in [0.29, 0.717) is 36.8 Å². The van der Waals surface area contributed by atoms with E-state index < -0.39 is 11.6 Å². The number of aromatic nitrogens is 4.